The van der Waals surface area contributed by atoms with Crippen LogP contribution in [0.1, 0.15) is 25.7 Å². The number of anilines is 1. The van der Waals surface area contributed by atoms with E-state index in [1.165, 1.54) is 12.1 Å². The van der Waals surface area contributed by atoms with Crippen LogP contribution in [0.2, 0.25) is 0 Å². The molecule has 1 aliphatic carbocycles. The second-order valence-corrected chi connectivity index (χ2v) is 5.25. The van der Waals surface area contributed by atoms with E-state index in [-0.39, 0.29) is 18.9 Å². The zero-order valence-electron chi connectivity index (χ0n) is 11.9. The molecule has 3 N–H and O–H groups in total. The van der Waals surface area contributed by atoms with Gasteiger partial charge in [0.15, 0.2) is 0 Å². The summed E-state index contributed by atoms with van der Waals surface area (Å²) >= 11 is 0. The van der Waals surface area contributed by atoms with Gasteiger partial charge >= 0.3 is 6.03 Å². The van der Waals surface area contributed by atoms with Crippen molar-refractivity contribution in [3.05, 3.63) is 30.1 Å². The number of ether oxygens (including phenoxy) is 1. The molecule has 1 saturated carbocycles. The molecule has 5 nitrogen and oxygen atoms in total. The molecule has 21 heavy (non-hydrogen) atoms. The topological polar surface area (TPSA) is 70.6 Å². The summed E-state index contributed by atoms with van der Waals surface area (Å²) in [6.07, 6.45) is 3.80. The Morgan fingerprint density at radius 1 is 1.33 bits per heavy atom. The van der Waals surface area contributed by atoms with Gasteiger partial charge in [0.1, 0.15) is 5.82 Å². The number of hydrogen-bond acceptors (Lipinski definition) is 3. The van der Waals surface area contributed by atoms with Crippen molar-refractivity contribution in [3.8, 4) is 0 Å². The first kappa shape index (κ1) is 15.7. The number of rotatable bonds is 6. The van der Waals surface area contributed by atoms with Crippen molar-refractivity contribution >= 4 is 11.7 Å². The molecule has 2 amide bonds. The van der Waals surface area contributed by atoms with Crippen LogP contribution in [-0.2, 0) is 4.74 Å². The summed E-state index contributed by atoms with van der Waals surface area (Å²) in [6.45, 7) is 0.576. The molecular weight excluding hydrogens is 275 g/mol. The first-order chi connectivity index (χ1) is 10.2. The van der Waals surface area contributed by atoms with Gasteiger partial charge in [0.05, 0.1) is 24.5 Å². The van der Waals surface area contributed by atoms with Crippen LogP contribution < -0.4 is 10.6 Å². The van der Waals surface area contributed by atoms with Crippen molar-refractivity contribution < 1.29 is 19.0 Å². The van der Waals surface area contributed by atoms with Crippen LogP contribution in [0, 0.1) is 5.82 Å². The highest BCUT2D eigenvalue weighted by Crippen LogP contribution is 2.32. The van der Waals surface area contributed by atoms with E-state index in [0.29, 0.717) is 6.54 Å². The van der Waals surface area contributed by atoms with Gasteiger partial charge in [0.25, 0.3) is 0 Å². The molecule has 0 radical (unpaired) electrons. The quantitative estimate of drug-likeness (QED) is 0.754. The van der Waals surface area contributed by atoms with E-state index in [9.17, 15) is 9.18 Å². The van der Waals surface area contributed by atoms with Gasteiger partial charge in [-0.2, -0.15) is 0 Å². The molecule has 116 valence electrons. The third-order valence-electron chi connectivity index (χ3n) is 3.71. The number of hydrogen-bond donors (Lipinski definition) is 3. The number of halogens is 1. The van der Waals surface area contributed by atoms with Crippen LogP contribution >= 0.6 is 0 Å². The van der Waals surface area contributed by atoms with E-state index in [4.69, 9.17) is 9.84 Å². The Hall–Kier alpha value is -1.66. The number of para-hydroxylation sites is 1. The highest BCUT2D eigenvalue weighted by atomic mass is 19.1. The van der Waals surface area contributed by atoms with E-state index < -0.39 is 17.4 Å². The molecule has 1 aromatic carbocycles. The average Bonchev–Trinajstić information content (AvgIpc) is 2.95. The minimum atomic E-state index is -0.472. The largest absolute Gasteiger partial charge is 0.394 e. The first-order valence-corrected chi connectivity index (χ1v) is 7.19. The number of aliphatic hydroxyl groups is 1. The molecule has 1 aliphatic rings. The van der Waals surface area contributed by atoms with Crippen LogP contribution in [0.15, 0.2) is 24.3 Å². The monoisotopic (exact) mass is 296 g/mol. The van der Waals surface area contributed by atoms with Crippen molar-refractivity contribution in [1.82, 2.24) is 5.32 Å². The van der Waals surface area contributed by atoms with Crippen molar-refractivity contribution in [2.75, 3.05) is 25.1 Å². The lowest BCUT2D eigenvalue weighted by Gasteiger charge is -2.29. The Balaban J connectivity index is 1.86. The molecule has 0 saturated heterocycles. The molecule has 0 aliphatic heterocycles. The standard InChI is InChI=1S/C15H21FN2O3/c16-12-5-1-2-6-13(12)18-14(20)17-11-15(21-10-9-19)7-3-4-8-15/h1-2,5-6,19H,3-4,7-11H2,(H2,17,18,20). The second-order valence-electron chi connectivity index (χ2n) is 5.25. The summed E-state index contributed by atoms with van der Waals surface area (Å²) in [7, 11) is 0. The van der Waals surface area contributed by atoms with Crippen molar-refractivity contribution in [3.63, 3.8) is 0 Å². The van der Waals surface area contributed by atoms with Gasteiger partial charge in [0.2, 0.25) is 0 Å². The predicted molar refractivity (Wildman–Crippen MR) is 77.7 cm³/mol. The highest BCUT2D eigenvalue weighted by molar-refractivity contribution is 5.89. The normalized spacial score (nSPS) is 16.7. The summed E-state index contributed by atoms with van der Waals surface area (Å²) in [4.78, 5) is 11.8. The van der Waals surface area contributed by atoms with Crippen molar-refractivity contribution in [1.29, 1.82) is 0 Å². The number of urea groups is 1. The number of nitrogens with one attached hydrogen (secondary N) is 2. The zero-order chi connectivity index (χ0) is 15.1. The molecule has 6 heteroatoms. The van der Waals surface area contributed by atoms with Crippen LogP contribution in [0.4, 0.5) is 14.9 Å². The third-order valence-corrected chi connectivity index (χ3v) is 3.71. The Bertz CT molecular complexity index is 476. The van der Waals surface area contributed by atoms with Gasteiger partial charge in [-0.1, -0.05) is 25.0 Å². The van der Waals surface area contributed by atoms with E-state index >= 15 is 0 Å². The van der Waals surface area contributed by atoms with Gasteiger partial charge in [-0.15, -0.1) is 0 Å². The number of aliphatic hydroxyl groups excluding tert-OH is 1. The molecule has 1 fully saturated rings. The number of carbonyl (C=O) groups is 1. The Kier molecular flexibility index (Phi) is 5.52. The Labute approximate surface area is 123 Å². The van der Waals surface area contributed by atoms with Gasteiger partial charge < -0.3 is 20.5 Å². The summed E-state index contributed by atoms with van der Waals surface area (Å²) in [5.74, 6) is -0.472. The molecule has 1 aromatic rings. The third kappa shape index (κ3) is 4.41. The summed E-state index contributed by atoms with van der Waals surface area (Å²) < 4.78 is 19.1. The lowest BCUT2D eigenvalue weighted by molar-refractivity contribution is -0.0503. The van der Waals surface area contributed by atoms with Gasteiger partial charge in [0, 0.05) is 6.54 Å². The van der Waals surface area contributed by atoms with E-state index in [2.05, 4.69) is 10.6 Å². The molecule has 2 rings (SSSR count). The molecule has 0 unspecified atom stereocenters. The van der Waals surface area contributed by atoms with Crippen LogP contribution in [0.5, 0.6) is 0 Å². The minimum Gasteiger partial charge on any atom is -0.394 e. The van der Waals surface area contributed by atoms with Crippen molar-refractivity contribution in [2.45, 2.75) is 31.3 Å². The summed E-state index contributed by atoms with van der Waals surface area (Å²) in [5.41, 5.74) is -0.262. The lowest BCUT2D eigenvalue weighted by atomic mass is 10.0. The van der Waals surface area contributed by atoms with Crippen LogP contribution in [0.3, 0.4) is 0 Å². The average molecular weight is 296 g/mol. The van der Waals surface area contributed by atoms with Gasteiger partial charge in [-0.3, -0.25) is 0 Å². The maximum Gasteiger partial charge on any atom is 0.319 e. The molecule has 0 heterocycles. The van der Waals surface area contributed by atoms with E-state index in [1.54, 1.807) is 12.1 Å². The fraction of sp³-hybridized carbons (Fsp3) is 0.533. The van der Waals surface area contributed by atoms with Crippen molar-refractivity contribution in [2.24, 2.45) is 0 Å². The van der Waals surface area contributed by atoms with Gasteiger partial charge in [-0.05, 0) is 25.0 Å². The minimum absolute atomic E-state index is 0.0385. The molecule has 0 atom stereocenters. The summed E-state index contributed by atoms with van der Waals surface area (Å²) in [6, 6.07) is 5.55. The predicted octanol–water partition coefficient (Wildman–Crippen LogP) is 2.27. The van der Waals surface area contributed by atoms with E-state index in [0.717, 1.165) is 25.7 Å². The van der Waals surface area contributed by atoms with Crippen LogP contribution in [0.25, 0.3) is 0 Å². The number of amides is 2. The lowest BCUT2D eigenvalue weighted by Crippen LogP contribution is -2.45. The maximum atomic E-state index is 13.4. The second kappa shape index (κ2) is 7.38. The number of carbonyl (C=O) groups excluding carboxylic acids is 1. The highest BCUT2D eigenvalue weighted by Gasteiger charge is 2.35. The number of benzene rings is 1. The van der Waals surface area contributed by atoms with E-state index in [1.807, 2.05) is 0 Å². The molecule has 0 spiro atoms. The van der Waals surface area contributed by atoms with Crippen LogP contribution in [-0.4, -0.2) is 36.5 Å². The fourth-order valence-electron chi connectivity index (χ4n) is 2.62. The molecular formula is C15H21FN2O3. The van der Waals surface area contributed by atoms with Gasteiger partial charge in [-0.25, -0.2) is 9.18 Å². The molecule has 0 bridgehead atoms. The SMILES string of the molecule is O=C(NCC1(OCCO)CCCC1)Nc1ccccc1F. The smallest absolute Gasteiger partial charge is 0.319 e. The Morgan fingerprint density at radius 3 is 2.71 bits per heavy atom. The summed E-state index contributed by atoms with van der Waals surface area (Å²) in [5, 5.41) is 14.1. The molecule has 0 aromatic heterocycles. The maximum absolute atomic E-state index is 13.4. The Morgan fingerprint density at radius 2 is 2.05 bits per heavy atom. The fourth-order valence-corrected chi connectivity index (χ4v) is 2.62. The zero-order valence-corrected chi connectivity index (χ0v) is 11.9. The first-order valence-electron chi connectivity index (χ1n) is 7.19.